The van der Waals surface area contributed by atoms with E-state index in [-0.39, 0.29) is 5.78 Å². The summed E-state index contributed by atoms with van der Waals surface area (Å²) < 4.78 is 0. The number of hydrogen-bond donors (Lipinski definition) is 0. The lowest BCUT2D eigenvalue weighted by Gasteiger charge is -2.31. The van der Waals surface area contributed by atoms with E-state index in [1.807, 2.05) is 13.8 Å². The average molecular weight is 301 g/mol. The van der Waals surface area contributed by atoms with Crippen LogP contribution >= 0.6 is 11.8 Å². The summed E-state index contributed by atoms with van der Waals surface area (Å²) in [5.74, 6) is 2.04. The van der Waals surface area contributed by atoms with Gasteiger partial charge in [-0.15, -0.1) is 11.8 Å². The van der Waals surface area contributed by atoms with E-state index >= 15 is 0 Å². The van der Waals surface area contributed by atoms with E-state index < -0.39 is 0 Å². The Morgan fingerprint density at radius 2 is 1.45 bits per heavy atom. The number of thioether (sulfide) groups is 1. The van der Waals surface area contributed by atoms with Gasteiger partial charge in [-0.1, -0.05) is 40.7 Å². The Hall–Kier alpha value is -0.240. The number of ketones is 1. The predicted molar refractivity (Wildman–Crippen MR) is 95.3 cm³/mol. The largest absolute Gasteiger partial charge is 0.300 e. The number of Topliss-reactive ketones (excluding diaryl/α,β-unsaturated/α-hetero) is 1. The van der Waals surface area contributed by atoms with Gasteiger partial charge in [0.25, 0.3) is 0 Å². The van der Waals surface area contributed by atoms with Crippen LogP contribution in [0.4, 0.5) is 0 Å². The molecule has 1 rings (SSSR count). The van der Waals surface area contributed by atoms with Crippen molar-refractivity contribution >= 4 is 17.5 Å². The highest BCUT2D eigenvalue weighted by Crippen LogP contribution is 2.38. The van der Waals surface area contributed by atoms with E-state index in [9.17, 15) is 4.79 Å². The van der Waals surface area contributed by atoms with E-state index in [1.165, 1.54) is 44.4 Å². The Morgan fingerprint density at radius 1 is 1.05 bits per heavy atom. The number of carbonyl (C=O) groups excluding carboxylic acids is 1. The van der Waals surface area contributed by atoms with Crippen LogP contribution < -0.4 is 0 Å². The lowest BCUT2D eigenvalue weighted by molar-refractivity contribution is -0.114. The normalized spacial score (nSPS) is 25.8. The molecule has 3 atom stereocenters. The van der Waals surface area contributed by atoms with Crippen LogP contribution in [-0.2, 0) is 4.79 Å². The third-order valence-corrected chi connectivity index (χ3v) is 4.24. The highest BCUT2D eigenvalue weighted by molar-refractivity contribution is 8.03. The first-order valence-electron chi connectivity index (χ1n) is 8.15. The van der Waals surface area contributed by atoms with Gasteiger partial charge in [-0.3, -0.25) is 0 Å². The minimum absolute atomic E-state index is 0.167. The van der Waals surface area contributed by atoms with Crippen molar-refractivity contribution in [3.63, 3.8) is 0 Å². The van der Waals surface area contributed by atoms with Gasteiger partial charge < -0.3 is 4.79 Å². The van der Waals surface area contributed by atoms with E-state index in [1.54, 1.807) is 0 Å². The van der Waals surface area contributed by atoms with E-state index in [0.717, 1.165) is 17.1 Å². The Bertz CT molecular complexity index is 257. The SMILES string of the molecule is CC.CC(C)=O.CC/C=C(/C)SC1C[C@@H](C)C[C@@H](C)C1. The first-order valence-corrected chi connectivity index (χ1v) is 9.03. The molecule has 1 aliphatic rings. The summed E-state index contributed by atoms with van der Waals surface area (Å²) in [5, 5.41) is 0.886. The maximum absolute atomic E-state index is 9.44. The van der Waals surface area contributed by atoms with Crippen molar-refractivity contribution in [1.82, 2.24) is 0 Å². The Morgan fingerprint density at radius 3 is 1.80 bits per heavy atom. The van der Waals surface area contributed by atoms with Crippen molar-refractivity contribution in [2.24, 2.45) is 11.8 Å². The zero-order valence-corrected chi connectivity index (χ0v) is 15.8. The fourth-order valence-corrected chi connectivity index (χ4v) is 4.21. The van der Waals surface area contributed by atoms with E-state index in [2.05, 4.69) is 45.5 Å². The fourth-order valence-electron chi connectivity index (χ4n) is 2.57. The smallest absolute Gasteiger partial charge is 0.126 e. The molecule has 0 aromatic heterocycles. The van der Waals surface area contributed by atoms with Crippen molar-refractivity contribution in [3.8, 4) is 0 Å². The van der Waals surface area contributed by atoms with Gasteiger partial charge in [0.15, 0.2) is 0 Å². The van der Waals surface area contributed by atoms with Gasteiger partial charge in [0.2, 0.25) is 0 Å². The summed E-state index contributed by atoms with van der Waals surface area (Å²) in [6.45, 7) is 16.3. The number of carbonyl (C=O) groups is 1. The zero-order valence-electron chi connectivity index (χ0n) is 15.0. The summed E-state index contributed by atoms with van der Waals surface area (Å²) in [6, 6.07) is 0. The molecule has 0 saturated heterocycles. The van der Waals surface area contributed by atoms with E-state index in [0.29, 0.717) is 0 Å². The molecule has 120 valence electrons. The molecule has 1 saturated carbocycles. The van der Waals surface area contributed by atoms with Crippen LogP contribution in [0.15, 0.2) is 11.0 Å². The maximum atomic E-state index is 9.44. The second-order valence-corrected chi connectivity index (χ2v) is 7.33. The second-order valence-electron chi connectivity index (χ2n) is 5.79. The molecular formula is C18H36OS. The summed E-state index contributed by atoms with van der Waals surface area (Å²) >= 11 is 2.11. The van der Waals surface area contributed by atoms with Crippen molar-refractivity contribution < 1.29 is 4.79 Å². The maximum Gasteiger partial charge on any atom is 0.126 e. The summed E-state index contributed by atoms with van der Waals surface area (Å²) in [5.41, 5.74) is 0. The van der Waals surface area contributed by atoms with Gasteiger partial charge in [0.05, 0.1) is 0 Å². The second kappa shape index (κ2) is 13.7. The van der Waals surface area contributed by atoms with Crippen molar-refractivity contribution in [1.29, 1.82) is 0 Å². The van der Waals surface area contributed by atoms with Crippen LogP contribution in [0.25, 0.3) is 0 Å². The molecule has 0 bridgehead atoms. The number of rotatable bonds is 3. The molecule has 1 unspecified atom stereocenters. The Kier molecular flexibility index (Phi) is 15.1. The van der Waals surface area contributed by atoms with Gasteiger partial charge in [-0.05, 0) is 63.2 Å². The summed E-state index contributed by atoms with van der Waals surface area (Å²) in [6.07, 6.45) is 7.81. The zero-order chi connectivity index (χ0) is 16.1. The number of allylic oxidation sites excluding steroid dienone is 2. The third-order valence-electron chi connectivity index (χ3n) is 2.98. The monoisotopic (exact) mass is 300 g/mol. The molecule has 0 N–H and O–H groups in total. The molecule has 0 aliphatic heterocycles. The molecule has 20 heavy (non-hydrogen) atoms. The van der Waals surface area contributed by atoms with Crippen LogP contribution in [0, 0.1) is 11.8 Å². The van der Waals surface area contributed by atoms with E-state index in [4.69, 9.17) is 0 Å². The molecule has 0 aromatic rings. The molecule has 1 aliphatic carbocycles. The van der Waals surface area contributed by atoms with Gasteiger partial charge in [-0.2, -0.15) is 0 Å². The minimum atomic E-state index is 0.167. The Labute approximate surface area is 132 Å². The van der Waals surface area contributed by atoms with Gasteiger partial charge in [0, 0.05) is 5.25 Å². The molecule has 1 fully saturated rings. The van der Waals surface area contributed by atoms with Crippen LogP contribution in [0.5, 0.6) is 0 Å². The molecular weight excluding hydrogens is 264 g/mol. The first-order chi connectivity index (χ1) is 9.35. The van der Waals surface area contributed by atoms with Crippen molar-refractivity contribution in [3.05, 3.63) is 11.0 Å². The topological polar surface area (TPSA) is 17.1 Å². The van der Waals surface area contributed by atoms with Crippen LogP contribution in [0.3, 0.4) is 0 Å². The van der Waals surface area contributed by atoms with Crippen molar-refractivity contribution in [2.45, 2.75) is 86.3 Å². The quantitative estimate of drug-likeness (QED) is 0.593. The highest BCUT2D eigenvalue weighted by Gasteiger charge is 2.24. The number of hydrogen-bond acceptors (Lipinski definition) is 2. The first kappa shape index (κ1) is 22.0. The lowest BCUT2D eigenvalue weighted by Crippen LogP contribution is -2.21. The summed E-state index contributed by atoms with van der Waals surface area (Å²) in [4.78, 5) is 11.0. The third kappa shape index (κ3) is 14.2. The fraction of sp³-hybridized carbons (Fsp3) is 0.833. The predicted octanol–water partition coefficient (Wildman–Crippen LogP) is 6.48. The molecule has 0 heterocycles. The minimum Gasteiger partial charge on any atom is -0.300 e. The molecule has 0 aromatic carbocycles. The van der Waals surface area contributed by atoms with Gasteiger partial charge in [0.1, 0.15) is 5.78 Å². The summed E-state index contributed by atoms with van der Waals surface area (Å²) in [7, 11) is 0. The highest BCUT2D eigenvalue weighted by atomic mass is 32.2. The van der Waals surface area contributed by atoms with Crippen LogP contribution in [-0.4, -0.2) is 11.0 Å². The molecule has 1 nitrogen and oxygen atoms in total. The van der Waals surface area contributed by atoms with Crippen LogP contribution in [0.2, 0.25) is 0 Å². The van der Waals surface area contributed by atoms with Crippen molar-refractivity contribution in [2.75, 3.05) is 0 Å². The van der Waals surface area contributed by atoms with Gasteiger partial charge in [-0.25, -0.2) is 0 Å². The Balaban J connectivity index is 0. The standard InChI is InChI=1S/C13H24S.C3H6O.C2H6/c1-5-6-12(4)14-13-8-10(2)7-11(3)9-13;1-3(2)4;1-2/h6,10-11,13H,5,7-9H2,1-4H3;1-2H3;1-2H3/b12-6-;;/t10-,11+,13?;;. The van der Waals surface area contributed by atoms with Crippen LogP contribution in [0.1, 0.15) is 81.1 Å². The molecule has 0 amide bonds. The molecule has 0 radical (unpaired) electrons. The molecule has 0 spiro atoms. The average Bonchev–Trinajstić information content (AvgIpc) is 2.29. The van der Waals surface area contributed by atoms with Gasteiger partial charge >= 0.3 is 0 Å². The molecule has 2 heteroatoms. The lowest BCUT2D eigenvalue weighted by atomic mass is 9.83.